The molecule has 2 N–H and O–H groups in total. The Labute approximate surface area is 130 Å². The first-order chi connectivity index (χ1) is 10.2. The fraction of sp³-hybridized carbons (Fsp3) is 0.133. The summed E-state index contributed by atoms with van der Waals surface area (Å²) >= 11 is 3.18. The molecule has 0 atom stereocenters. The molecule has 0 aliphatic heterocycles. The number of thioether (sulfide) groups is 1. The molecule has 0 aliphatic rings. The van der Waals surface area contributed by atoms with Gasteiger partial charge in [0.05, 0.1) is 17.3 Å². The van der Waals surface area contributed by atoms with Gasteiger partial charge in [-0.25, -0.2) is 9.37 Å². The second-order valence-corrected chi connectivity index (χ2v) is 6.72. The lowest BCUT2D eigenvalue weighted by molar-refractivity contribution is 0.386. The number of anilines is 1. The fourth-order valence-electron chi connectivity index (χ4n) is 1.93. The minimum atomic E-state index is -0.340. The summed E-state index contributed by atoms with van der Waals surface area (Å²) in [6.45, 7) is 0. The van der Waals surface area contributed by atoms with Crippen LogP contribution in [0.15, 0.2) is 40.7 Å². The number of nitrogens with zero attached hydrogens (tertiary/aromatic N) is 1. The van der Waals surface area contributed by atoms with Gasteiger partial charge in [0.15, 0.2) is 15.9 Å². The lowest BCUT2D eigenvalue weighted by atomic mass is 10.2. The summed E-state index contributed by atoms with van der Waals surface area (Å²) in [7, 11) is 1.46. The van der Waals surface area contributed by atoms with Crippen LogP contribution >= 0.6 is 23.1 Å². The highest BCUT2D eigenvalue weighted by atomic mass is 32.2. The van der Waals surface area contributed by atoms with Crippen molar-refractivity contribution in [2.45, 2.75) is 10.1 Å². The first-order valence-electron chi connectivity index (χ1n) is 6.27. The second-order valence-electron chi connectivity index (χ2n) is 4.46. The monoisotopic (exact) mass is 320 g/mol. The number of hydrogen-bond donors (Lipinski definition) is 1. The van der Waals surface area contributed by atoms with Crippen LogP contribution in [0.25, 0.3) is 10.2 Å². The molecule has 3 rings (SSSR count). The number of nitrogens with two attached hydrogens (primary N) is 1. The Kier molecular flexibility index (Phi) is 3.98. The van der Waals surface area contributed by atoms with Crippen LogP contribution in [0, 0.1) is 5.82 Å². The van der Waals surface area contributed by atoms with Gasteiger partial charge in [-0.2, -0.15) is 0 Å². The molecule has 2 aromatic carbocycles. The molecule has 0 radical (unpaired) electrons. The molecular formula is C15H13FN2OS2. The molecule has 108 valence electrons. The van der Waals surface area contributed by atoms with Gasteiger partial charge in [0.2, 0.25) is 0 Å². The zero-order valence-electron chi connectivity index (χ0n) is 11.3. The van der Waals surface area contributed by atoms with E-state index in [9.17, 15) is 4.39 Å². The standard InChI is InChI=1S/C15H13FN2OS2/c1-19-13-5-2-9(6-11(13)16)8-20-15-18-12-4-3-10(17)7-14(12)21-15/h2-7H,8,17H2,1H3. The van der Waals surface area contributed by atoms with Crippen LogP contribution in [0.1, 0.15) is 5.56 Å². The maximum atomic E-state index is 13.6. The van der Waals surface area contributed by atoms with Crippen LogP contribution in [0.2, 0.25) is 0 Å². The van der Waals surface area contributed by atoms with Gasteiger partial charge in [0.1, 0.15) is 0 Å². The number of nitrogen functional groups attached to an aromatic ring is 1. The maximum Gasteiger partial charge on any atom is 0.165 e. The molecule has 21 heavy (non-hydrogen) atoms. The number of methoxy groups -OCH3 is 1. The molecule has 1 heterocycles. The Balaban J connectivity index is 1.75. The van der Waals surface area contributed by atoms with Crippen molar-refractivity contribution in [1.29, 1.82) is 0 Å². The Bertz CT molecular complexity index is 788. The number of fused-ring (bicyclic) bond motifs is 1. The second kappa shape index (κ2) is 5.91. The van der Waals surface area contributed by atoms with E-state index in [1.807, 2.05) is 24.3 Å². The Hall–Kier alpha value is -1.79. The summed E-state index contributed by atoms with van der Waals surface area (Å²) in [6, 6.07) is 10.7. The van der Waals surface area contributed by atoms with Crippen molar-refractivity contribution >= 4 is 39.0 Å². The van der Waals surface area contributed by atoms with Gasteiger partial charge in [-0.15, -0.1) is 11.3 Å². The number of halogens is 1. The zero-order valence-corrected chi connectivity index (χ0v) is 12.9. The molecular weight excluding hydrogens is 307 g/mol. The molecule has 0 saturated heterocycles. The Morgan fingerprint density at radius 3 is 2.90 bits per heavy atom. The van der Waals surface area contributed by atoms with E-state index in [1.54, 1.807) is 29.2 Å². The van der Waals surface area contributed by atoms with Crippen molar-refractivity contribution in [2.24, 2.45) is 0 Å². The molecule has 3 nitrogen and oxygen atoms in total. The van der Waals surface area contributed by atoms with Crippen molar-refractivity contribution in [3.8, 4) is 5.75 Å². The van der Waals surface area contributed by atoms with E-state index in [1.165, 1.54) is 13.2 Å². The van der Waals surface area contributed by atoms with E-state index in [-0.39, 0.29) is 11.6 Å². The maximum absolute atomic E-state index is 13.6. The van der Waals surface area contributed by atoms with Crippen molar-refractivity contribution in [1.82, 2.24) is 4.98 Å². The third kappa shape index (κ3) is 3.11. The highest BCUT2D eigenvalue weighted by Crippen LogP contribution is 2.33. The highest BCUT2D eigenvalue weighted by molar-refractivity contribution is 8.00. The van der Waals surface area contributed by atoms with E-state index >= 15 is 0 Å². The van der Waals surface area contributed by atoms with Crippen molar-refractivity contribution in [2.75, 3.05) is 12.8 Å². The van der Waals surface area contributed by atoms with Gasteiger partial charge in [-0.1, -0.05) is 17.8 Å². The number of ether oxygens (including phenoxy) is 1. The molecule has 0 bridgehead atoms. The molecule has 0 spiro atoms. The van der Waals surface area contributed by atoms with E-state index < -0.39 is 0 Å². The first kappa shape index (κ1) is 14.2. The van der Waals surface area contributed by atoms with E-state index in [0.29, 0.717) is 5.75 Å². The molecule has 1 aromatic heterocycles. The summed E-state index contributed by atoms with van der Waals surface area (Å²) in [5.41, 5.74) is 8.34. The summed E-state index contributed by atoms with van der Waals surface area (Å²) in [4.78, 5) is 4.53. The van der Waals surface area contributed by atoms with Gasteiger partial charge >= 0.3 is 0 Å². The molecule has 0 fully saturated rings. The van der Waals surface area contributed by atoms with Gasteiger partial charge < -0.3 is 10.5 Å². The summed E-state index contributed by atoms with van der Waals surface area (Å²) in [5, 5.41) is 0. The summed E-state index contributed by atoms with van der Waals surface area (Å²) in [6.07, 6.45) is 0. The largest absolute Gasteiger partial charge is 0.494 e. The minimum absolute atomic E-state index is 0.263. The zero-order chi connectivity index (χ0) is 14.8. The Morgan fingerprint density at radius 1 is 1.29 bits per heavy atom. The number of aromatic nitrogens is 1. The third-order valence-corrected chi connectivity index (χ3v) is 5.20. The number of hydrogen-bond acceptors (Lipinski definition) is 5. The molecule has 0 aliphatic carbocycles. The fourth-order valence-corrected chi connectivity index (χ4v) is 3.99. The smallest absolute Gasteiger partial charge is 0.165 e. The van der Waals surface area contributed by atoms with Crippen molar-refractivity contribution < 1.29 is 9.13 Å². The number of thiazole rings is 1. The molecule has 0 saturated carbocycles. The third-order valence-electron chi connectivity index (χ3n) is 2.97. The number of rotatable bonds is 4. The molecule has 0 unspecified atom stereocenters. The van der Waals surface area contributed by atoms with Gasteiger partial charge in [-0.3, -0.25) is 0 Å². The topological polar surface area (TPSA) is 48.1 Å². The SMILES string of the molecule is COc1ccc(CSc2nc3ccc(N)cc3s2)cc1F. The Morgan fingerprint density at radius 2 is 2.14 bits per heavy atom. The van der Waals surface area contributed by atoms with Crippen LogP contribution in [0.5, 0.6) is 5.75 Å². The first-order valence-corrected chi connectivity index (χ1v) is 8.07. The van der Waals surface area contributed by atoms with Crippen LogP contribution in [0.4, 0.5) is 10.1 Å². The summed E-state index contributed by atoms with van der Waals surface area (Å²) in [5.74, 6) is 0.586. The van der Waals surface area contributed by atoms with Gasteiger partial charge in [0, 0.05) is 11.4 Å². The minimum Gasteiger partial charge on any atom is -0.494 e. The average molecular weight is 320 g/mol. The van der Waals surface area contributed by atoms with Gasteiger partial charge in [-0.05, 0) is 35.9 Å². The van der Waals surface area contributed by atoms with Gasteiger partial charge in [0.25, 0.3) is 0 Å². The lowest BCUT2D eigenvalue weighted by Crippen LogP contribution is -1.89. The van der Waals surface area contributed by atoms with E-state index in [2.05, 4.69) is 4.98 Å². The number of benzene rings is 2. The van der Waals surface area contributed by atoms with Crippen LogP contribution < -0.4 is 10.5 Å². The van der Waals surface area contributed by atoms with E-state index in [4.69, 9.17) is 10.5 Å². The van der Waals surface area contributed by atoms with Crippen LogP contribution in [0.3, 0.4) is 0 Å². The molecule has 3 aromatic rings. The van der Waals surface area contributed by atoms with Crippen molar-refractivity contribution in [3.05, 3.63) is 47.8 Å². The molecule has 6 heteroatoms. The normalized spacial score (nSPS) is 11.0. The summed E-state index contributed by atoms with van der Waals surface area (Å²) < 4.78 is 20.6. The van der Waals surface area contributed by atoms with Crippen LogP contribution in [-0.4, -0.2) is 12.1 Å². The lowest BCUT2D eigenvalue weighted by Gasteiger charge is -2.04. The average Bonchev–Trinajstić information content (AvgIpc) is 2.87. The predicted molar refractivity (Wildman–Crippen MR) is 86.5 cm³/mol. The quantitative estimate of drug-likeness (QED) is 0.574. The van der Waals surface area contributed by atoms with Crippen molar-refractivity contribution in [3.63, 3.8) is 0 Å². The molecule has 0 amide bonds. The predicted octanol–water partition coefficient (Wildman–Crippen LogP) is 4.32. The highest BCUT2D eigenvalue weighted by Gasteiger charge is 2.07. The van der Waals surface area contributed by atoms with E-state index in [0.717, 1.165) is 25.8 Å². The van der Waals surface area contributed by atoms with Crippen LogP contribution in [-0.2, 0) is 5.75 Å².